The lowest BCUT2D eigenvalue weighted by atomic mass is 9.93. The zero-order valence-corrected chi connectivity index (χ0v) is 12.9. The van der Waals surface area contributed by atoms with Crippen molar-refractivity contribution in [2.75, 3.05) is 18.0 Å². The fraction of sp³-hybridized carbons (Fsp3) is 0.571. The molecule has 2 atom stereocenters. The Balaban J connectivity index is 2.39. The molecule has 2 nitrogen and oxygen atoms in total. The molecule has 106 valence electrons. The predicted molar refractivity (Wildman–Crippen MR) is 79.9 cm³/mol. The van der Waals surface area contributed by atoms with E-state index in [2.05, 4.69) is 31.0 Å². The van der Waals surface area contributed by atoms with Crippen LogP contribution in [0.1, 0.15) is 27.2 Å². The molecule has 0 bridgehead atoms. The first kappa shape index (κ1) is 14.9. The fourth-order valence-corrected chi connectivity index (χ4v) is 3.11. The molecule has 2 unspecified atom stereocenters. The molecule has 1 aromatic rings. The van der Waals surface area contributed by atoms with Crippen LogP contribution in [0.3, 0.4) is 0 Å². The van der Waals surface area contributed by atoms with Gasteiger partial charge in [0.15, 0.2) is 0 Å². The van der Waals surface area contributed by atoms with Gasteiger partial charge >= 0.3 is 0 Å². The smallest absolute Gasteiger partial charge is 0.126 e. The third-order valence-corrected chi connectivity index (χ3v) is 4.50. The largest absolute Gasteiger partial charge is 0.363 e. The molecule has 1 aromatic carbocycles. The van der Waals surface area contributed by atoms with E-state index in [1.54, 1.807) is 0 Å². The highest BCUT2D eigenvalue weighted by Gasteiger charge is 2.34. The van der Waals surface area contributed by atoms with E-state index >= 15 is 0 Å². The van der Waals surface area contributed by atoms with Gasteiger partial charge in [0.1, 0.15) is 5.82 Å². The molecule has 1 fully saturated rings. The molecule has 0 amide bonds. The summed E-state index contributed by atoms with van der Waals surface area (Å²) in [4.78, 5) is 2.17. The summed E-state index contributed by atoms with van der Waals surface area (Å²) in [5, 5.41) is 4.29. The second-order valence-electron chi connectivity index (χ2n) is 5.49. The van der Waals surface area contributed by atoms with Gasteiger partial charge in [-0.3, -0.25) is 0 Å². The van der Waals surface area contributed by atoms with Crippen molar-refractivity contribution in [3.8, 4) is 0 Å². The molecule has 1 N–H and O–H groups in total. The van der Waals surface area contributed by atoms with E-state index in [1.165, 1.54) is 12.1 Å². The lowest BCUT2D eigenvalue weighted by molar-refractivity contribution is 0.285. The molecule has 19 heavy (non-hydrogen) atoms. The molecule has 0 radical (unpaired) electrons. The Bertz CT molecular complexity index is 458. The van der Waals surface area contributed by atoms with Crippen LogP contribution < -0.4 is 10.2 Å². The first-order chi connectivity index (χ1) is 8.86. The summed E-state index contributed by atoms with van der Waals surface area (Å²) in [6.45, 7) is 8.09. The van der Waals surface area contributed by atoms with Gasteiger partial charge in [-0.15, -0.1) is 0 Å². The van der Waals surface area contributed by atoms with Crippen LogP contribution >= 0.6 is 23.2 Å². The van der Waals surface area contributed by atoms with Crippen molar-refractivity contribution < 1.29 is 4.39 Å². The van der Waals surface area contributed by atoms with E-state index in [-0.39, 0.29) is 11.6 Å². The number of anilines is 1. The van der Waals surface area contributed by atoms with Crippen molar-refractivity contribution in [1.29, 1.82) is 0 Å². The van der Waals surface area contributed by atoms with Crippen LogP contribution in [0.15, 0.2) is 12.1 Å². The number of hydrogen-bond donors (Lipinski definition) is 1. The number of nitrogens with one attached hydrogen (secondary N) is 1. The first-order valence-electron chi connectivity index (χ1n) is 6.52. The Kier molecular flexibility index (Phi) is 4.29. The van der Waals surface area contributed by atoms with Gasteiger partial charge in [-0.05, 0) is 32.4 Å². The van der Waals surface area contributed by atoms with Crippen LogP contribution in [0.25, 0.3) is 0 Å². The third kappa shape index (κ3) is 2.99. The van der Waals surface area contributed by atoms with Crippen LogP contribution in [0.5, 0.6) is 0 Å². The van der Waals surface area contributed by atoms with Crippen LogP contribution in [0.4, 0.5) is 10.1 Å². The number of hydrogen-bond acceptors (Lipinski definition) is 2. The summed E-state index contributed by atoms with van der Waals surface area (Å²) in [7, 11) is 0. The third-order valence-electron chi connectivity index (χ3n) is 3.92. The first-order valence-corrected chi connectivity index (χ1v) is 7.28. The van der Waals surface area contributed by atoms with Crippen molar-refractivity contribution in [2.45, 2.75) is 38.8 Å². The second kappa shape index (κ2) is 5.47. The number of rotatable bonds is 2. The standard InChI is InChI=1S/C14H19Cl2FN2/c1-4-14(3)8-19(9(2)7-18-14)13-11(15)5-10(17)6-12(13)16/h5-6,9,18H,4,7-8H2,1-3H3. The number of nitrogens with zero attached hydrogens (tertiary/aromatic N) is 1. The van der Waals surface area contributed by atoms with Gasteiger partial charge in [-0.1, -0.05) is 30.1 Å². The van der Waals surface area contributed by atoms with Crippen molar-refractivity contribution >= 4 is 28.9 Å². The Hall–Kier alpha value is -0.510. The summed E-state index contributed by atoms with van der Waals surface area (Å²) < 4.78 is 13.3. The topological polar surface area (TPSA) is 15.3 Å². The van der Waals surface area contributed by atoms with Gasteiger partial charge in [-0.2, -0.15) is 0 Å². The average Bonchev–Trinajstić information content (AvgIpc) is 2.32. The minimum atomic E-state index is -0.403. The Morgan fingerprint density at radius 2 is 2.00 bits per heavy atom. The van der Waals surface area contributed by atoms with E-state index in [0.29, 0.717) is 10.0 Å². The lowest BCUT2D eigenvalue weighted by Gasteiger charge is -2.46. The molecular formula is C14H19Cl2FN2. The molecule has 1 saturated heterocycles. The van der Waals surface area contributed by atoms with Gasteiger partial charge in [0.2, 0.25) is 0 Å². The van der Waals surface area contributed by atoms with Gasteiger partial charge < -0.3 is 10.2 Å². The fourth-order valence-electron chi connectivity index (χ4n) is 2.44. The Labute approximate surface area is 123 Å². The monoisotopic (exact) mass is 304 g/mol. The van der Waals surface area contributed by atoms with Gasteiger partial charge in [0, 0.05) is 24.7 Å². The molecule has 0 aromatic heterocycles. The zero-order chi connectivity index (χ0) is 14.2. The molecule has 2 rings (SSSR count). The number of halogens is 3. The van der Waals surface area contributed by atoms with E-state index in [9.17, 15) is 4.39 Å². The molecule has 1 aliphatic heterocycles. The van der Waals surface area contributed by atoms with E-state index < -0.39 is 5.82 Å². The SMILES string of the molecule is CCC1(C)CN(c2c(Cl)cc(F)cc2Cl)C(C)CN1. The highest BCUT2D eigenvalue weighted by atomic mass is 35.5. The molecular weight excluding hydrogens is 286 g/mol. The Morgan fingerprint density at radius 1 is 1.42 bits per heavy atom. The second-order valence-corrected chi connectivity index (χ2v) is 6.30. The Morgan fingerprint density at radius 3 is 2.53 bits per heavy atom. The van der Waals surface area contributed by atoms with Crippen molar-refractivity contribution in [1.82, 2.24) is 5.32 Å². The maximum Gasteiger partial charge on any atom is 0.126 e. The molecule has 0 aliphatic carbocycles. The van der Waals surface area contributed by atoms with Gasteiger partial charge in [0.25, 0.3) is 0 Å². The lowest BCUT2D eigenvalue weighted by Crippen LogP contribution is -2.62. The number of benzene rings is 1. The van der Waals surface area contributed by atoms with E-state index in [1.807, 2.05) is 0 Å². The molecule has 5 heteroatoms. The summed E-state index contributed by atoms with van der Waals surface area (Å²) >= 11 is 12.4. The molecule has 0 saturated carbocycles. The van der Waals surface area contributed by atoms with Crippen LogP contribution in [0, 0.1) is 5.82 Å². The summed E-state index contributed by atoms with van der Waals surface area (Å²) in [6, 6.07) is 2.90. The highest BCUT2D eigenvalue weighted by Crippen LogP contribution is 2.37. The van der Waals surface area contributed by atoms with Crippen molar-refractivity contribution in [3.63, 3.8) is 0 Å². The normalized spacial score (nSPS) is 27.7. The summed E-state index contributed by atoms with van der Waals surface area (Å²) in [6.07, 6.45) is 1.01. The van der Waals surface area contributed by atoms with E-state index in [0.717, 1.165) is 25.2 Å². The minimum Gasteiger partial charge on any atom is -0.363 e. The highest BCUT2D eigenvalue weighted by molar-refractivity contribution is 6.39. The van der Waals surface area contributed by atoms with E-state index in [4.69, 9.17) is 23.2 Å². The molecule has 1 heterocycles. The predicted octanol–water partition coefficient (Wildman–Crippen LogP) is 4.10. The minimum absolute atomic E-state index is 0.0214. The van der Waals surface area contributed by atoms with Crippen molar-refractivity contribution in [3.05, 3.63) is 28.0 Å². The number of piperazine rings is 1. The maximum atomic E-state index is 13.3. The van der Waals surface area contributed by atoms with Gasteiger partial charge in [-0.25, -0.2) is 4.39 Å². The average molecular weight is 305 g/mol. The summed E-state index contributed by atoms with van der Waals surface area (Å²) in [5.74, 6) is -0.403. The summed E-state index contributed by atoms with van der Waals surface area (Å²) in [5.41, 5.74) is 0.756. The van der Waals surface area contributed by atoms with Crippen LogP contribution in [-0.2, 0) is 0 Å². The maximum absolute atomic E-state index is 13.3. The zero-order valence-electron chi connectivity index (χ0n) is 11.4. The van der Waals surface area contributed by atoms with Gasteiger partial charge in [0.05, 0.1) is 15.7 Å². The van der Waals surface area contributed by atoms with Crippen LogP contribution in [0.2, 0.25) is 10.0 Å². The van der Waals surface area contributed by atoms with Crippen LogP contribution in [-0.4, -0.2) is 24.7 Å². The quantitative estimate of drug-likeness (QED) is 0.885. The molecule has 0 spiro atoms. The molecule has 1 aliphatic rings. The van der Waals surface area contributed by atoms with Crippen molar-refractivity contribution in [2.24, 2.45) is 0 Å².